The van der Waals surface area contributed by atoms with Gasteiger partial charge in [0, 0.05) is 22.3 Å². The van der Waals surface area contributed by atoms with Gasteiger partial charge in [-0.1, -0.05) is 6.07 Å². The first kappa shape index (κ1) is 32.8. The van der Waals surface area contributed by atoms with Gasteiger partial charge in [0.1, 0.15) is 25.9 Å². The van der Waals surface area contributed by atoms with E-state index in [1.807, 2.05) is 0 Å². The largest absolute Gasteiger partial charge is 0.744 e. The zero-order valence-corrected chi connectivity index (χ0v) is 26.2. The number of aromatic hydroxyl groups is 1. The lowest BCUT2D eigenvalue weighted by atomic mass is 10.1. The van der Waals surface area contributed by atoms with Crippen molar-refractivity contribution in [1.82, 2.24) is 0 Å². The first-order chi connectivity index (χ1) is 22.1. The van der Waals surface area contributed by atoms with Gasteiger partial charge in [-0.2, -0.15) is 15.3 Å². The van der Waals surface area contributed by atoms with E-state index in [4.69, 9.17) is 5.73 Å². The summed E-state index contributed by atoms with van der Waals surface area (Å²) in [5, 5.41) is 30.1. The number of amides is 1. The predicted molar refractivity (Wildman–Crippen MR) is 171 cm³/mol. The number of aryl methyl sites for hydroxylation is 2. The Morgan fingerprint density at radius 1 is 0.766 bits per heavy atom. The van der Waals surface area contributed by atoms with Crippen LogP contribution >= 0.6 is 0 Å². The van der Waals surface area contributed by atoms with Gasteiger partial charge in [-0.3, -0.25) is 4.79 Å². The third-order valence-corrected chi connectivity index (χ3v) is 8.58. The maximum absolute atomic E-state index is 12.6. The molecule has 1 amide bonds. The lowest BCUT2D eigenvalue weighted by Gasteiger charge is -2.14. The molecule has 14 nitrogen and oxygen atoms in total. The van der Waals surface area contributed by atoms with Gasteiger partial charge in [-0.15, -0.1) is 5.11 Å². The third-order valence-electron chi connectivity index (χ3n) is 6.90. The van der Waals surface area contributed by atoms with Crippen molar-refractivity contribution in [1.29, 1.82) is 0 Å². The summed E-state index contributed by atoms with van der Waals surface area (Å²) >= 11 is 0. The topological polar surface area (TPSA) is 239 Å². The van der Waals surface area contributed by atoms with Crippen LogP contribution in [0.25, 0.3) is 10.8 Å². The molecule has 0 saturated carbocycles. The number of azo groups is 2. The molecule has 0 spiro atoms. The van der Waals surface area contributed by atoms with E-state index in [0.29, 0.717) is 33.8 Å². The highest BCUT2D eigenvalue weighted by atomic mass is 32.2. The molecule has 5 aromatic carbocycles. The van der Waals surface area contributed by atoms with Gasteiger partial charge in [-0.25, -0.2) is 16.8 Å². The number of carbonyl (C=O) groups is 1. The Morgan fingerprint density at radius 2 is 1.45 bits per heavy atom. The molecule has 4 N–H and O–H groups in total. The summed E-state index contributed by atoms with van der Waals surface area (Å²) in [6.07, 6.45) is 0. The summed E-state index contributed by atoms with van der Waals surface area (Å²) in [5.74, 6) is -1.09. The van der Waals surface area contributed by atoms with Crippen LogP contribution in [0.2, 0.25) is 0 Å². The lowest BCUT2D eigenvalue weighted by molar-refractivity contribution is 0.102. The Bertz CT molecular complexity index is 2360. The number of phenolic OH excluding ortho intramolecular Hbond substituents is 1. The third kappa shape index (κ3) is 7.47. The molecule has 0 bridgehead atoms. The molecule has 0 aliphatic rings. The normalized spacial score (nSPS) is 12.3. The van der Waals surface area contributed by atoms with Crippen molar-refractivity contribution in [2.45, 2.75) is 23.6 Å². The van der Waals surface area contributed by atoms with Crippen LogP contribution in [-0.4, -0.2) is 37.0 Å². The van der Waals surface area contributed by atoms with Crippen LogP contribution in [0, 0.1) is 13.8 Å². The van der Waals surface area contributed by atoms with Gasteiger partial charge in [0.15, 0.2) is 5.75 Å². The average molecular weight is 673 g/mol. The molecular formula is C31H24N6O8S2-2. The Labute approximate surface area is 268 Å². The highest BCUT2D eigenvalue weighted by Crippen LogP contribution is 2.42. The summed E-state index contributed by atoms with van der Waals surface area (Å²) in [5.41, 5.74) is 8.06. The zero-order valence-electron chi connectivity index (χ0n) is 24.6. The maximum Gasteiger partial charge on any atom is 0.255 e. The summed E-state index contributed by atoms with van der Waals surface area (Å²) in [6.45, 7) is 3.24. The van der Waals surface area contributed by atoms with Crippen molar-refractivity contribution in [3.63, 3.8) is 0 Å². The average Bonchev–Trinajstić information content (AvgIpc) is 2.99. The van der Waals surface area contributed by atoms with E-state index in [9.17, 15) is 35.8 Å². The van der Waals surface area contributed by atoms with Crippen LogP contribution in [0.4, 0.5) is 34.1 Å². The number of rotatable bonds is 8. The minimum absolute atomic E-state index is 0.145. The summed E-state index contributed by atoms with van der Waals surface area (Å²) in [6, 6.07) is 20.0. The molecule has 0 saturated heterocycles. The van der Waals surface area contributed by atoms with Crippen LogP contribution in [0.3, 0.4) is 0 Å². The summed E-state index contributed by atoms with van der Waals surface area (Å²) < 4.78 is 70.3. The van der Waals surface area contributed by atoms with Gasteiger partial charge in [0.05, 0.1) is 26.9 Å². The van der Waals surface area contributed by atoms with Crippen molar-refractivity contribution in [3.8, 4) is 5.75 Å². The van der Waals surface area contributed by atoms with Gasteiger partial charge >= 0.3 is 0 Å². The van der Waals surface area contributed by atoms with E-state index >= 15 is 0 Å². The molecular weight excluding hydrogens is 649 g/mol. The molecule has 0 aliphatic carbocycles. The van der Waals surface area contributed by atoms with Crippen molar-refractivity contribution in [2.75, 3.05) is 11.1 Å². The van der Waals surface area contributed by atoms with E-state index in [-0.39, 0.29) is 27.0 Å². The molecule has 5 rings (SSSR count). The fraction of sp³-hybridized carbons (Fsp3) is 0.0645. The Kier molecular flexibility index (Phi) is 8.86. The van der Waals surface area contributed by atoms with E-state index in [2.05, 4.69) is 25.8 Å². The number of fused-ring (bicyclic) bond motifs is 1. The quantitative estimate of drug-likeness (QED) is 0.0908. The second kappa shape index (κ2) is 12.7. The number of benzene rings is 5. The number of nitrogen functional groups attached to an aromatic ring is 1. The molecule has 5 aromatic rings. The van der Waals surface area contributed by atoms with Gasteiger partial charge < -0.3 is 25.3 Å². The Hall–Kier alpha value is -5.55. The molecule has 16 heteroatoms. The van der Waals surface area contributed by atoms with Crippen LogP contribution in [0.15, 0.2) is 115 Å². The second-order valence-corrected chi connectivity index (χ2v) is 13.0. The molecule has 0 atom stereocenters. The van der Waals surface area contributed by atoms with E-state index in [0.717, 1.165) is 12.1 Å². The monoisotopic (exact) mass is 672 g/mol. The molecule has 240 valence electrons. The predicted octanol–water partition coefficient (Wildman–Crippen LogP) is 6.64. The summed E-state index contributed by atoms with van der Waals surface area (Å²) in [7, 11) is -9.75. The maximum atomic E-state index is 12.6. The summed E-state index contributed by atoms with van der Waals surface area (Å²) in [4.78, 5) is 11.4. The van der Waals surface area contributed by atoms with Crippen molar-refractivity contribution in [3.05, 3.63) is 102 Å². The number of nitrogens with two attached hydrogens (primary N) is 1. The SMILES string of the molecule is Cc1cc(S(=O)(=O)[O-])ccc1N=Nc1ccc(N=Nc2c(S(=O)(=O)[O-])cc3cc(NC(=O)c4cccc(N)c4)ccc3c2O)c(C)c1. The van der Waals surface area contributed by atoms with Gasteiger partial charge in [0.2, 0.25) is 0 Å². The Balaban J connectivity index is 1.43. The number of hydrogen-bond acceptors (Lipinski definition) is 13. The second-order valence-electron chi connectivity index (χ2n) is 10.3. The number of nitrogens with one attached hydrogen (secondary N) is 1. The minimum Gasteiger partial charge on any atom is -0.744 e. The zero-order chi connectivity index (χ0) is 34.1. The first-order valence-corrected chi connectivity index (χ1v) is 16.3. The van der Waals surface area contributed by atoms with Gasteiger partial charge in [-0.05, 0) is 109 Å². The lowest BCUT2D eigenvalue weighted by Crippen LogP contribution is -2.12. The van der Waals surface area contributed by atoms with E-state index in [1.54, 1.807) is 38.1 Å². The van der Waals surface area contributed by atoms with Crippen molar-refractivity contribution in [2.24, 2.45) is 20.5 Å². The molecule has 0 aliphatic heterocycles. The van der Waals surface area contributed by atoms with E-state index < -0.39 is 42.5 Å². The molecule has 0 heterocycles. The van der Waals surface area contributed by atoms with Crippen molar-refractivity contribution >= 4 is 71.0 Å². The van der Waals surface area contributed by atoms with Crippen LogP contribution < -0.4 is 11.1 Å². The van der Waals surface area contributed by atoms with Gasteiger partial charge in [0.25, 0.3) is 5.91 Å². The van der Waals surface area contributed by atoms with Crippen LogP contribution in [0.1, 0.15) is 21.5 Å². The van der Waals surface area contributed by atoms with Crippen molar-refractivity contribution < 1.29 is 35.8 Å². The molecule has 0 radical (unpaired) electrons. The molecule has 0 unspecified atom stereocenters. The standard InChI is InChI=1S/C31H26N6O8S2/c1-17-12-23(34-35-27-11-8-24(13-18(27)2)46(40,41)42)7-10-26(17)36-37-29-28(47(43,44)45)16-20-15-22(6-9-25(20)30(29)38)33-31(39)19-4-3-5-21(32)14-19/h3-16,38H,32H2,1-2H3,(H,33,39)(H,40,41,42)(H,43,44,45)/p-2. The minimum atomic E-state index is -5.14. The number of phenols is 1. The van der Waals surface area contributed by atoms with Crippen LogP contribution in [-0.2, 0) is 20.2 Å². The molecule has 0 aromatic heterocycles. The number of carbonyl (C=O) groups excluding carboxylic acids is 1. The first-order valence-electron chi connectivity index (χ1n) is 13.5. The smallest absolute Gasteiger partial charge is 0.255 e. The number of nitrogens with zero attached hydrogens (tertiary/aromatic N) is 4. The number of anilines is 2. The Morgan fingerprint density at radius 3 is 2.09 bits per heavy atom. The highest BCUT2D eigenvalue weighted by Gasteiger charge is 2.19. The fourth-order valence-corrected chi connectivity index (χ4v) is 5.73. The molecule has 0 fully saturated rings. The highest BCUT2D eigenvalue weighted by molar-refractivity contribution is 7.86. The molecule has 47 heavy (non-hydrogen) atoms. The number of hydrogen-bond donors (Lipinski definition) is 3. The van der Waals surface area contributed by atoms with E-state index in [1.165, 1.54) is 48.5 Å². The fourth-order valence-electron chi connectivity index (χ4n) is 4.52. The van der Waals surface area contributed by atoms with Crippen LogP contribution in [0.5, 0.6) is 5.75 Å².